The minimum atomic E-state index is -0.0694. The molecular weight excluding hydrogens is 172 g/mol. The van der Waals surface area contributed by atoms with E-state index < -0.39 is 0 Å². The van der Waals surface area contributed by atoms with Crippen LogP contribution in [0.5, 0.6) is 0 Å². The molecule has 0 radical (unpaired) electrons. The van der Waals surface area contributed by atoms with Crippen molar-refractivity contribution in [2.75, 3.05) is 21.1 Å². The summed E-state index contributed by atoms with van der Waals surface area (Å²) in [4.78, 5) is 11.8. The summed E-state index contributed by atoms with van der Waals surface area (Å²) in [6, 6.07) is -0.0694. The molecule has 0 aromatic rings. The minimum Gasteiger partial charge on any atom is -0.341 e. The molecule has 0 saturated carbocycles. The third-order valence-corrected chi connectivity index (χ3v) is 0.620. The van der Waals surface area contributed by atoms with Crippen LogP contribution >= 0.6 is 17.0 Å². The number of halogens is 1. The van der Waals surface area contributed by atoms with Crippen molar-refractivity contribution >= 4 is 23.0 Å². The van der Waals surface area contributed by atoms with Gasteiger partial charge in [-0.3, -0.25) is 0 Å². The summed E-state index contributed by atoms with van der Waals surface area (Å²) in [6.07, 6.45) is 0. The van der Waals surface area contributed by atoms with Crippen LogP contribution in [0.4, 0.5) is 4.79 Å². The molecule has 4 heteroatoms. The predicted octanol–water partition coefficient (Wildman–Crippen LogP) is 0.465. The maximum Gasteiger partial charge on any atom is 0.316 e. The van der Waals surface area contributed by atoms with Crippen LogP contribution in [0.15, 0.2) is 0 Å². The number of carbonyl (C=O) groups excluding carboxylic acids is 1. The van der Waals surface area contributed by atoms with Crippen molar-refractivity contribution in [2.45, 2.75) is 0 Å². The van der Waals surface area contributed by atoms with Crippen LogP contribution in [-0.2, 0) is 0 Å². The number of amides is 2. The highest BCUT2D eigenvalue weighted by Crippen LogP contribution is 1.70. The fourth-order valence-corrected chi connectivity index (χ4v) is 0.224. The summed E-state index contributed by atoms with van der Waals surface area (Å²) in [5.74, 6) is 0. The Hall–Kier alpha value is -0.250. The summed E-state index contributed by atoms with van der Waals surface area (Å²) < 4.78 is 0. The van der Waals surface area contributed by atoms with E-state index in [-0.39, 0.29) is 23.0 Å². The summed E-state index contributed by atoms with van der Waals surface area (Å²) in [5, 5.41) is 2.45. The Labute approximate surface area is 59.8 Å². The molecule has 0 saturated heterocycles. The van der Waals surface area contributed by atoms with Crippen LogP contribution in [-0.4, -0.2) is 32.1 Å². The van der Waals surface area contributed by atoms with E-state index in [4.69, 9.17) is 0 Å². The van der Waals surface area contributed by atoms with Gasteiger partial charge in [0.2, 0.25) is 0 Å². The van der Waals surface area contributed by atoms with Gasteiger partial charge in [-0.15, -0.1) is 17.0 Å². The first-order valence-electron chi connectivity index (χ1n) is 2.07. The minimum absolute atomic E-state index is 0. The lowest BCUT2D eigenvalue weighted by Crippen LogP contribution is -2.31. The van der Waals surface area contributed by atoms with Gasteiger partial charge >= 0.3 is 6.03 Å². The van der Waals surface area contributed by atoms with Crippen molar-refractivity contribution in [3.8, 4) is 0 Å². The van der Waals surface area contributed by atoms with E-state index in [1.165, 1.54) is 4.90 Å². The Morgan fingerprint density at radius 3 is 1.88 bits per heavy atom. The second kappa shape index (κ2) is 4.90. The van der Waals surface area contributed by atoms with Crippen LogP contribution < -0.4 is 5.32 Å². The normalized spacial score (nSPS) is 6.88. The largest absolute Gasteiger partial charge is 0.341 e. The first kappa shape index (κ1) is 10.7. The molecule has 0 unspecified atom stereocenters. The lowest BCUT2D eigenvalue weighted by Gasteiger charge is -2.06. The highest BCUT2D eigenvalue weighted by Gasteiger charge is 1.94. The first-order valence-corrected chi connectivity index (χ1v) is 2.07. The van der Waals surface area contributed by atoms with Gasteiger partial charge in [-0.25, -0.2) is 4.79 Å². The monoisotopic (exact) mass is 182 g/mol. The lowest BCUT2D eigenvalue weighted by atomic mass is 10.8. The molecule has 0 bridgehead atoms. The lowest BCUT2D eigenvalue weighted by molar-refractivity contribution is 0.219. The molecule has 0 aliphatic heterocycles. The summed E-state index contributed by atoms with van der Waals surface area (Å²) in [6.45, 7) is 0. The van der Waals surface area contributed by atoms with Gasteiger partial charge in [0.1, 0.15) is 0 Å². The molecule has 2 amide bonds. The van der Waals surface area contributed by atoms with Gasteiger partial charge in [0.25, 0.3) is 0 Å². The number of nitrogens with one attached hydrogen (secondary N) is 1. The quantitative estimate of drug-likeness (QED) is 0.581. The van der Waals surface area contributed by atoms with Crippen LogP contribution in [0.25, 0.3) is 0 Å². The maximum atomic E-state index is 10.3. The average molecular weight is 183 g/mol. The molecule has 0 aliphatic rings. The molecule has 1 N–H and O–H groups in total. The topological polar surface area (TPSA) is 32.3 Å². The maximum absolute atomic E-state index is 10.3. The van der Waals surface area contributed by atoms with Gasteiger partial charge in [0.05, 0.1) is 0 Å². The standard InChI is InChI=1S/C4H10N2O.BrH/c1-5-4(7)6(2)3;/h1-3H3,(H,5,7);1H. The van der Waals surface area contributed by atoms with Crippen LogP contribution in [0.3, 0.4) is 0 Å². The summed E-state index contributed by atoms with van der Waals surface area (Å²) in [7, 11) is 4.99. The van der Waals surface area contributed by atoms with Gasteiger partial charge in [-0.1, -0.05) is 0 Å². The van der Waals surface area contributed by atoms with Crippen LogP contribution in [0.2, 0.25) is 0 Å². The van der Waals surface area contributed by atoms with Crippen molar-refractivity contribution < 1.29 is 4.79 Å². The predicted molar refractivity (Wildman–Crippen MR) is 38.5 cm³/mol. The number of carbonyl (C=O) groups is 1. The van der Waals surface area contributed by atoms with Crippen molar-refractivity contribution in [1.29, 1.82) is 0 Å². The molecule has 0 aliphatic carbocycles. The fourth-order valence-electron chi connectivity index (χ4n) is 0.224. The number of hydrogen-bond donors (Lipinski definition) is 1. The first-order chi connectivity index (χ1) is 3.18. The van der Waals surface area contributed by atoms with Gasteiger partial charge < -0.3 is 10.2 Å². The average Bonchev–Trinajstić information content (AvgIpc) is 1.65. The molecule has 0 rings (SSSR count). The van der Waals surface area contributed by atoms with E-state index >= 15 is 0 Å². The summed E-state index contributed by atoms with van der Waals surface area (Å²) >= 11 is 0. The Morgan fingerprint density at radius 2 is 1.88 bits per heavy atom. The second-order valence-electron chi connectivity index (χ2n) is 1.45. The zero-order valence-electron chi connectivity index (χ0n) is 5.26. The van der Waals surface area contributed by atoms with Crippen molar-refractivity contribution in [3.05, 3.63) is 0 Å². The van der Waals surface area contributed by atoms with Crippen molar-refractivity contribution in [1.82, 2.24) is 10.2 Å². The molecule has 0 fully saturated rings. The van der Waals surface area contributed by atoms with Gasteiger partial charge in [0.15, 0.2) is 0 Å². The molecule has 3 nitrogen and oxygen atoms in total. The van der Waals surface area contributed by atoms with Gasteiger partial charge in [0, 0.05) is 21.1 Å². The van der Waals surface area contributed by atoms with E-state index in [2.05, 4.69) is 5.32 Å². The van der Waals surface area contributed by atoms with Crippen molar-refractivity contribution in [2.24, 2.45) is 0 Å². The Balaban J connectivity index is 0. The SMILES string of the molecule is Br.CNC(=O)N(C)C. The zero-order valence-corrected chi connectivity index (χ0v) is 6.98. The smallest absolute Gasteiger partial charge is 0.316 e. The molecule has 0 aromatic carbocycles. The molecular formula is C4H11BrN2O. The summed E-state index contributed by atoms with van der Waals surface area (Å²) in [5.41, 5.74) is 0. The van der Waals surface area contributed by atoms with Crippen LogP contribution in [0.1, 0.15) is 0 Å². The highest BCUT2D eigenvalue weighted by atomic mass is 79.9. The highest BCUT2D eigenvalue weighted by molar-refractivity contribution is 8.93. The van der Waals surface area contributed by atoms with Gasteiger partial charge in [-0.2, -0.15) is 0 Å². The molecule has 8 heavy (non-hydrogen) atoms. The fraction of sp³-hybridized carbons (Fsp3) is 0.750. The molecule has 50 valence electrons. The molecule has 0 heterocycles. The van der Waals surface area contributed by atoms with Crippen molar-refractivity contribution in [3.63, 3.8) is 0 Å². The third-order valence-electron chi connectivity index (χ3n) is 0.620. The molecule has 0 atom stereocenters. The molecule has 0 spiro atoms. The van der Waals surface area contributed by atoms with E-state index in [0.29, 0.717) is 0 Å². The van der Waals surface area contributed by atoms with Gasteiger partial charge in [-0.05, 0) is 0 Å². The zero-order chi connectivity index (χ0) is 5.86. The van der Waals surface area contributed by atoms with E-state index in [1.54, 1.807) is 21.1 Å². The Morgan fingerprint density at radius 1 is 1.50 bits per heavy atom. The number of nitrogens with zero attached hydrogens (tertiary/aromatic N) is 1. The second-order valence-corrected chi connectivity index (χ2v) is 1.45. The van der Waals surface area contributed by atoms with E-state index in [9.17, 15) is 4.79 Å². The number of rotatable bonds is 0. The Bertz CT molecular complexity index is 74.4. The van der Waals surface area contributed by atoms with Crippen LogP contribution in [0, 0.1) is 0 Å². The number of hydrogen-bond acceptors (Lipinski definition) is 1. The molecule has 0 aromatic heterocycles. The Kier molecular flexibility index (Phi) is 6.54. The van der Waals surface area contributed by atoms with E-state index in [1.807, 2.05) is 0 Å². The third kappa shape index (κ3) is 3.92. The van der Waals surface area contributed by atoms with E-state index in [0.717, 1.165) is 0 Å². The number of urea groups is 1.